The van der Waals surface area contributed by atoms with Crippen LogP contribution in [0.1, 0.15) is 13.8 Å². The van der Waals surface area contributed by atoms with E-state index in [1.54, 1.807) is 0 Å². The minimum Gasteiger partial charge on any atom is -0.394 e. The SMILES string of the molecule is CC(C)(CO)NCCN. The van der Waals surface area contributed by atoms with Crippen molar-refractivity contribution in [2.75, 3.05) is 19.7 Å². The van der Waals surface area contributed by atoms with E-state index in [1.807, 2.05) is 13.8 Å². The zero-order valence-corrected chi connectivity index (χ0v) is 6.15. The van der Waals surface area contributed by atoms with Gasteiger partial charge in [-0.1, -0.05) is 0 Å². The summed E-state index contributed by atoms with van der Waals surface area (Å²) in [5.74, 6) is 0. The Morgan fingerprint density at radius 2 is 2.11 bits per heavy atom. The highest BCUT2D eigenvalue weighted by Gasteiger charge is 2.13. The van der Waals surface area contributed by atoms with Crippen LogP contribution in [0.2, 0.25) is 0 Å². The minimum atomic E-state index is -0.181. The van der Waals surface area contributed by atoms with Crippen molar-refractivity contribution in [2.24, 2.45) is 5.73 Å². The average Bonchev–Trinajstić information content (AvgIpc) is 1.84. The van der Waals surface area contributed by atoms with Gasteiger partial charge in [0, 0.05) is 18.6 Å². The van der Waals surface area contributed by atoms with Crippen molar-refractivity contribution in [3.05, 3.63) is 0 Å². The topological polar surface area (TPSA) is 58.3 Å². The molecule has 0 fully saturated rings. The molecule has 3 nitrogen and oxygen atoms in total. The molecule has 0 aromatic rings. The van der Waals surface area contributed by atoms with E-state index in [2.05, 4.69) is 5.32 Å². The van der Waals surface area contributed by atoms with Gasteiger partial charge in [-0.15, -0.1) is 0 Å². The predicted octanol–water partition coefficient (Wildman–Crippen LogP) is -0.694. The molecule has 0 aliphatic heterocycles. The van der Waals surface area contributed by atoms with Crippen molar-refractivity contribution in [1.82, 2.24) is 5.32 Å². The van der Waals surface area contributed by atoms with Crippen molar-refractivity contribution in [1.29, 1.82) is 0 Å². The lowest BCUT2D eigenvalue weighted by atomic mass is 10.1. The Labute approximate surface area is 56.2 Å². The summed E-state index contributed by atoms with van der Waals surface area (Å²) < 4.78 is 0. The monoisotopic (exact) mass is 132 g/mol. The molecule has 0 radical (unpaired) electrons. The van der Waals surface area contributed by atoms with Crippen LogP contribution in [0.4, 0.5) is 0 Å². The van der Waals surface area contributed by atoms with Gasteiger partial charge in [0.1, 0.15) is 0 Å². The van der Waals surface area contributed by atoms with Crippen molar-refractivity contribution < 1.29 is 5.11 Å². The lowest BCUT2D eigenvalue weighted by Crippen LogP contribution is -2.44. The molecule has 3 heteroatoms. The summed E-state index contributed by atoms with van der Waals surface area (Å²) >= 11 is 0. The van der Waals surface area contributed by atoms with E-state index in [-0.39, 0.29) is 12.1 Å². The van der Waals surface area contributed by atoms with Crippen LogP contribution >= 0.6 is 0 Å². The standard InChI is InChI=1S/C6H16N2O/c1-6(2,5-9)8-4-3-7/h8-9H,3-5,7H2,1-2H3. The molecule has 0 spiro atoms. The van der Waals surface area contributed by atoms with Crippen LogP contribution in [-0.2, 0) is 0 Å². The maximum Gasteiger partial charge on any atom is 0.0607 e. The minimum absolute atomic E-state index is 0.146. The second kappa shape index (κ2) is 3.82. The van der Waals surface area contributed by atoms with E-state index >= 15 is 0 Å². The maximum absolute atomic E-state index is 8.72. The van der Waals surface area contributed by atoms with Crippen molar-refractivity contribution in [3.8, 4) is 0 Å². The molecular formula is C6H16N2O. The molecule has 4 N–H and O–H groups in total. The molecule has 0 saturated carbocycles. The summed E-state index contributed by atoms with van der Waals surface area (Å²) in [5.41, 5.74) is 5.07. The summed E-state index contributed by atoms with van der Waals surface area (Å²) in [5, 5.41) is 11.8. The van der Waals surface area contributed by atoms with Crippen LogP contribution in [0.3, 0.4) is 0 Å². The number of nitrogens with two attached hydrogens (primary N) is 1. The predicted molar refractivity (Wildman–Crippen MR) is 38.2 cm³/mol. The highest BCUT2D eigenvalue weighted by Crippen LogP contribution is 1.97. The molecule has 0 saturated heterocycles. The second-order valence-electron chi connectivity index (χ2n) is 2.76. The lowest BCUT2D eigenvalue weighted by molar-refractivity contribution is 0.190. The van der Waals surface area contributed by atoms with Gasteiger partial charge in [0.05, 0.1) is 6.61 Å². The Bertz CT molecular complexity index is 73.5. The molecule has 0 heterocycles. The van der Waals surface area contributed by atoms with E-state index < -0.39 is 0 Å². The van der Waals surface area contributed by atoms with Gasteiger partial charge in [-0.05, 0) is 13.8 Å². The first-order valence-corrected chi connectivity index (χ1v) is 3.18. The molecule has 0 rings (SSSR count). The number of hydrogen-bond acceptors (Lipinski definition) is 3. The van der Waals surface area contributed by atoms with Crippen molar-refractivity contribution >= 4 is 0 Å². The Kier molecular flexibility index (Phi) is 3.77. The molecule has 0 amide bonds. The van der Waals surface area contributed by atoms with Crippen LogP contribution in [0.25, 0.3) is 0 Å². The molecular weight excluding hydrogens is 116 g/mol. The van der Waals surface area contributed by atoms with Gasteiger partial charge in [0.15, 0.2) is 0 Å². The van der Waals surface area contributed by atoms with Gasteiger partial charge in [-0.25, -0.2) is 0 Å². The van der Waals surface area contributed by atoms with Gasteiger partial charge >= 0.3 is 0 Å². The zero-order valence-electron chi connectivity index (χ0n) is 6.15. The highest BCUT2D eigenvalue weighted by molar-refractivity contribution is 4.75. The van der Waals surface area contributed by atoms with Crippen LogP contribution in [0, 0.1) is 0 Å². The van der Waals surface area contributed by atoms with Crippen molar-refractivity contribution in [2.45, 2.75) is 19.4 Å². The first-order chi connectivity index (χ1) is 4.12. The highest BCUT2D eigenvalue weighted by atomic mass is 16.3. The molecule has 0 aliphatic rings. The normalized spacial score (nSPS) is 12.0. The molecule has 0 unspecified atom stereocenters. The molecule has 0 aliphatic carbocycles. The molecule has 0 aromatic carbocycles. The zero-order chi connectivity index (χ0) is 7.33. The van der Waals surface area contributed by atoms with Crippen LogP contribution in [-0.4, -0.2) is 30.3 Å². The van der Waals surface area contributed by atoms with Crippen LogP contribution in [0.15, 0.2) is 0 Å². The number of rotatable bonds is 4. The summed E-state index contributed by atoms with van der Waals surface area (Å²) in [6.45, 7) is 5.38. The van der Waals surface area contributed by atoms with E-state index in [4.69, 9.17) is 10.8 Å². The fraction of sp³-hybridized carbons (Fsp3) is 1.00. The third-order valence-corrected chi connectivity index (χ3v) is 1.14. The van der Waals surface area contributed by atoms with E-state index in [0.29, 0.717) is 6.54 Å². The second-order valence-corrected chi connectivity index (χ2v) is 2.76. The summed E-state index contributed by atoms with van der Waals surface area (Å²) in [6.07, 6.45) is 0. The van der Waals surface area contributed by atoms with Gasteiger partial charge in [-0.3, -0.25) is 0 Å². The lowest BCUT2D eigenvalue weighted by Gasteiger charge is -2.22. The van der Waals surface area contributed by atoms with Gasteiger partial charge < -0.3 is 16.2 Å². The number of nitrogens with one attached hydrogen (secondary N) is 1. The molecule has 0 aromatic heterocycles. The first kappa shape index (κ1) is 8.88. The smallest absolute Gasteiger partial charge is 0.0607 e. The van der Waals surface area contributed by atoms with E-state index in [1.165, 1.54) is 0 Å². The maximum atomic E-state index is 8.72. The number of hydrogen-bond donors (Lipinski definition) is 3. The third kappa shape index (κ3) is 4.39. The quantitative estimate of drug-likeness (QED) is 0.474. The van der Waals surface area contributed by atoms with E-state index in [0.717, 1.165) is 6.54 Å². The third-order valence-electron chi connectivity index (χ3n) is 1.14. The van der Waals surface area contributed by atoms with Gasteiger partial charge in [-0.2, -0.15) is 0 Å². The van der Waals surface area contributed by atoms with E-state index in [9.17, 15) is 0 Å². The number of aliphatic hydroxyl groups is 1. The summed E-state index contributed by atoms with van der Waals surface area (Å²) in [4.78, 5) is 0. The Morgan fingerprint density at radius 3 is 2.44 bits per heavy atom. The molecule has 56 valence electrons. The fourth-order valence-electron chi connectivity index (χ4n) is 0.466. The van der Waals surface area contributed by atoms with Gasteiger partial charge in [0.2, 0.25) is 0 Å². The van der Waals surface area contributed by atoms with Crippen LogP contribution < -0.4 is 11.1 Å². The van der Waals surface area contributed by atoms with Crippen LogP contribution in [0.5, 0.6) is 0 Å². The first-order valence-electron chi connectivity index (χ1n) is 3.18. The summed E-state index contributed by atoms with van der Waals surface area (Å²) in [6, 6.07) is 0. The fourth-order valence-corrected chi connectivity index (χ4v) is 0.466. The number of aliphatic hydroxyl groups excluding tert-OH is 1. The average molecular weight is 132 g/mol. The van der Waals surface area contributed by atoms with Gasteiger partial charge in [0.25, 0.3) is 0 Å². The molecule has 0 bridgehead atoms. The Morgan fingerprint density at radius 1 is 1.56 bits per heavy atom. The molecule has 0 atom stereocenters. The summed E-state index contributed by atoms with van der Waals surface area (Å²) in [7, 11) is 0. The Balaban J connectivity index is 3.33. The largest absolute Gasteiger partial charge is 0.394 e. The Hall–Kier alpha value is -0.120. The van der Waals surface area contributed by atoms with Crippen molar-refractivity contribution in [3.63, 3.8) is 0 Å². The molecule has 9 heavy (non-hydrogen) atoms.